The lowest BCUT2D eigenvalue weighted by atomic mass is 9.85. The fraction of sp³-hybridized carbons (Fsp3) is 0.643. The number of thiophene rings is 1. The van der Waals surface area contributed by atoms with Gasteiger partial charge in [0, 0.05) is 24.0 Å². The van der Waals surface area contributed by atoms with Crippen LogP contribution in [0.5, 0.6) is 0 Å². The Morgan fingerprint density at radius 2 is 2.39 bits per heavy atom. The molecule has 0 bridgehead atoms. The summed E-state index contributed by atoms with van der Waals surface area (Å²) in [6.45, 7) is 7.60. The van der Waals surface area contributed by atoms with Gasteiger partial charge in [0.15, 0.2) is 0 Å². The molecular weight excluding hydrogens is 246 g/mol. The number of nitrogens with zero attached hydrogens (tertiary/aromatic N) is 1. The molecule has 0 aliphatic carbocycles. The van der Waals surface area contributed by atoms with Crippen molar-refractivity contribution >= 4 is 17.3 Å². The number of hydrogen-bond donors (Lipinski definition) is 1. The van der Waals surface area contributed by atoms with Crippen molar-refractivity contribution in [2.45, 2.75) is 39.7 Å². The third kappa shape index (κ3) is 2.31. The van der Waals surface area contributed by atoms with E-state index in [0.717, 1.165) is 13.0 Å². The van der Waals surface area contributed by atoms with Gasteiger partial charge in [0.05, 0.1) is 5.41 Å². The zero-order chi connectivity index (χ0) is 13.3. The molecule has 2 heterocycles. The van der Waals surface area contributed by atoms with Crippen LogP contribution in [0.1, 0.15) is 43.7 Å². The number of fused-ring (bicyclic) bond motifs is 1. The van der Waals surface area contributed by atoms with Gasteiger partial charge in [-0.05, 0) is 43.7 Å². The topological polar surface area (TPSA) is 40.5 Å². The Bertz CT molecular complexity index is 443. The third-order valence-electron chi connectivity index (χ3n) is 4.25. The van der Waals surface area contributed by atoms with Gasteiger partial charge < -0.3 is 5.11 Å². The largest absolute Gasteiger partial charge is 0.481 e. The Kier molecular flexibility index (Phi) is 3.78. The molecule has 1 aliphatic heterocycles. The molecule has 0 aromatic carbocycles. The van der Waals surface area contributed by atoms with Crippen molar-refractivity contribution in [1.82, 2.24) is 4.90 Å². The molecule has 1 aromatic rings. The summed E-state index contributed by atoms with van der Waals surface area (Å²) in [6.07, 6.45) is 1.72. The molecule has 2 rings (SSSR count). The molecule has 0 amide bonds. The molecular formula is C14H21NO2S. The minimum atomic E-state index is -0.687. The second-order valence-electron chi connectivity index (χ2n) is 5.41. The van der Waals surface area contributed by atoms with Crippen LogP contribution in [0.2, 0.25) is 0 Å². The summed E-state index contributed by atoms with van der Waals surface area (Å²) in [7, 11) is 0. The van der Waals surface area contributed by atoms with Crippen LogP contribution in [0.25, 0.3) is 0 Å². The van der Waals surface area contributed by atoms with E-state index >= 15 is 0 Å². The smallest absolute Gasteiger partial charge is 0.310 e. The highest BCUT2D eigenvalue weighted by Gasteiger charge is 2.36. The predicted molar refractivity (Wildman–Crippen MR) is 74.0 cm³/mol. The van der Waals surface area contributed by atoms with Gasteiger partial charge in [-0.25, -0.2) is 0 Å². The quantitative estimate of drug-likeness (QED) is 0.911. The number of carboxylic acid groups (broad SMARTS) is 1. The van der Waals surface area contributed by atoms with E-state index in [1.807, 2.05) is 25.2 Å². The predicted octanol–water partition coefficient (Wildman–Crippen LogP) is 3.17. The lowest BCUT2D eigenvalue weighted by Gasteiger charge is -2.38. The van der Waals surface area contributed by atoms with Gasteiger partial charge in [0.2, 0.25) is 0 Å². The second-order valence-corrected chi connectivity index (χ2v) is 6.42. The van der Waals surface area contributed by atoms with Crippen LogP contribution in [-0.2, 0) is 11.2 Å². The van der Waals surface area contributed by atoms with Crippen LogP contribution < -0.4 is 0 Å². The SMILES string of the molecule is CCC(C)(CN1CCc2sccc2C1C)C(=O)O. The summed E-state index contributed by atoms with van der Waals surface area (Å²) in [6, 6.07) is 2.52. The Hall–Kier alpha value is -0.870. The molecule has 0 radical (unpaired) electrons. The fourth-order valence-electron chi connectivity index (χ4n) is 2.56. The van der Waals surface area contributed by atoms with Crippen molar-refractivity contribution in [2.75, 3.05) is 13.1 Å². The third-order valence-corrected chi connectivity index (χ3v) is 5.25. The van der Waals surface area contributed by atoms with Crippen LogP contribution >= 0.6 is 11.3 Å². The first-order valence-corrected chi connectivity index (χ1v) is 7.39. The average Bonchev–Trinajstić information content (AvgIpc) is 2.81. The number of aliphatic carboxylic acids is 1. The first-order chi connectivity index (χ1) is 8.48. The normalized spacial score (nSPS) is 23.4. The molecule has 100 valence electrons. The van der Waals surface area contributed by atoms with E-state index in [1.165, 1.54) is 10.4 Å². The van der Waals surface area contributed by atoms with Crippen molar-refractivity contribution in [3.63, 3.8) is 0 Å². The first kappa shape index (κ1) is 13.6. The fourth-order valence-corrected chi connectivity index (χ4v) is 3.52. The number of hydrogen-bond acceptors (Lipinski definition) is 3. The molecule has 3 nitrogen and oxygen atoms in total. The van der Waals surface area contributed by atoms with Crippen molar-refractivity contribution in [1.29, 1.82) is 0 Å². The van der Waals surface area contributed by atoms with Crippen molar-refractivity contribution in [2.24, 2.45) is 5.41 Å². The number of carboxylic acids is 1. The van der Waals surface area contributed by atoms with E-state index < -0.39 is 11.4 Å². The highest BCUT2D eigenvalue weighted by atomic mass is 32.1. The monoisotopic (exact) mass is 267 g/mol. The van der Waals surface area contributed by atoms with E-state index in [-0.39, 0.29) is 0 Å². The van der Waals surface area contributed by atoms with Gasteiger partial charge >= 0.3 is 5.97 Å². The number of carbonyl (C=O) groups is 1. The van der Waals surface area contributed by atoms with Gasteiger partial charge in [-0.15, -0.1) is 11.3 Å². The lowest BCUT2D eigenvalue weighted by Crippen LogP contribution is -2.44. The molecule has 1 N–H and O–H groups in total. The zero-order valence-corrected chi connectivity index (χ0v) is 12.1. The maximum Gasteiger partial charge on any atom is 0.310 e. The Morgan fingerprint density at radius 1 is 1.67 bits per heavy atom. The Balaban J connectivity index is 2.15. The maximum atomic E-state index is 11.4. The molecule has 2 unspecified atom stereocenters. The summed E-state index contributed by atoms with van der Waals surface area (Å²) in [5, 5.41) is 11.5. The van der Waals surface area contributed by atoms with E-state index in [2.05, 4.69) is 23.3 Å². The van der Waals surface area contributed by atoms with Crippen LogP contribution in [0, 0.1) is 5.41 Å². The molecule has 1 aliphatic rings. The van der Waals surface area contributed by atoms with E-state index in [0.29, 0.717) is 19.0 Å². The minimum Gasteiger partial charge on any atom is -0.481 e. The molecule has 0 saturated carbocycles. The highest BCUT2D eigenvalue weighted by Crippen LogP contribution is 2.35. The van der Waals surface area contributed by atoms with Gasteiger partial charge in [-0.3, -0.25) is 9.69 Å². The lowest BCUT2D eigenvalue weighted by molar-refractivity contribution is -0.149. The average molecular weight is 267 g/mol. The molecule has 0 spiro atoms. The van der Waals surface area contributed by atoms with Crippen LogP contribution in [-0.4, -0.2) is 29.1 Å². The second kappa shape index (κ2) is 5.02. The molecule has 18 heavy (non-hydrogen) atoms. The van der Waals surface area contributed by atoms with Crippen molar-refractivity contribution in [3.05, 3.63) is 21.9 Å². The number of rotatable bonds is 4. The van der Waals surface area contributed by atoms with Crippen molar-refractivity contribution < 1.29 is 9.90 Å². The van der Waals surface area contributed by atoms with Gasteiger partial charge in [0.25, 0.3) is 0 Å². The maximum absolute atomic E-state index is 11.4. The van der Waals surface area contributed by atoms with Gasteiger partial charge in [-0.2, -0.15) is 0 Å². The summed E-state index contributed by atoms with van der Waals surface area (Å²) in [5.74, 6) is -0.687. The van der Waals surface area contributed by atoms with Gasteiger partial charge in [0.1, 0.15) is 0 Å². The van der Waals surface area contributed by atoms with Crippen LogP contribution in [0.15, 0.2) is 11.4 Å². The summed E-state index contributed by atoms with van der Waals surface area (Å²) in [5.41, 5.74) is 0.747. The minimum absolute atomic E-state index is 0.338. The molecule has 2 atom stereocenters. The van der Waals surface area contributed by atoms with E-state index in [4.69, 9.17) is 0 Å². The van der Waals surface area contributed by atoms with Crippen molar-refractivity contribution in [3.8, 4) is 0 Å². The van der Waals surface area contributed by atoms with Crippen LogP contribution in [0.3, 0.4) is 0 Å². The summed E-state index contributed by atoms with van der Waals surface area (Å²) < 4.78 is 0. The zero-order valence-electron chi connectivity index (χ0n) is 11.3. The Labute approximate surface area is 112 Å². The summed E-state index contributed by atoms with van der Waals surface area (Å²) in [4.78, 5) is 15.2. The van der Waals surface area contributed by atoms with Crippen LogP contribution in [0.4, 0.5) is 0 Å². The molecule has 0 fully saturated rings. The van der Waals surface area contributed by atoms with Gasteiger partial charge in [-0.1, -0.05) is 6.92 Å². The molecule has 4 heteroatoms. The van der Waals surface area contributed by atoms with E-state index in [9.17, 15) is 9.90 Å². The summed E-state index contributed by atoms with van der Waals surface area (Å²) >= 11 is 1.82. The van der Waals surface area contributed by atoms with E-state index in [1.54, 1.807) is 0 Å². The Morgan fingerprint density at radius 3 is 3.00 bits per heavy atom. The first-order valence-electron chi connectivity index (χ1n) is 6.51. The molecule has 0 saturated heterocycles. The standard InChI is InChI=1S/C14H21NO2S/c1-4-14(3,13(16)17)9-15-7-5-12-11(10(15)2)6-8-18-12/h6,8,10H,4-5,7,9H2,1-3H3,(H,16,17). The highest BCUT2D eigenvalue weighted by molar-refractivity contribution is 7.10. The molecule has 1 aromatic heterocycles.